The van der Waals surface area contributed by atoms with Gasteiger partial charge in [-0.3, -0.25) is 19.1 Å². The van der Waals surface area contributed by atoms with Crippen LogP contribution >= 0.6 is 7.75 Å². The van der Waals surface area contributed by atoms with Gasteiger partial charge in [-0.2, -0.15) is 14.9 Å². The van der Waals surface area contributed by atoms with Crippen LogP contribution in [0.2, 0.25) is 0 Å². The summed E-state index contributed by atoms with van der Waals surface area (Å²) >= 11 is 0. The number of H-pyrrole nitrogens is 1. The number of nitrogens with zero attached hydrogens (tertiary/aromatic N) is 2. The molecule has 0 bridgehead atoms. The number of ether oxygens (including phenoxy) is 2. The van der Waals surface area contributed by atoms with Crippen LogP contribution < -0.4 is 20.9 Å². The van der Waals surface area contributed by atoms with E-state index in [0.29, 0.717) is 4.68 Å². The minimum Gasteiger partial charge on any atom is -0.460 e. The fraction of sp³-hybridized carbons (Fsp3) is 0.333. The summed E-state index contributed by atoms with van der Waals surface area (Å²) in [7, 11) is -4.31. The molecule has 2 unspecified atom stereocenters. The van der Waals surface area contributed by atoms with Crippen molar-refractivity contribution in [3.63, 3.8) is 0 Å². The molecule has 0 spiro atoms. The normalized spacial score (nSPS) is 23.1. The summed E-state index contributed by atoms with van der Waals surface area (Å²) in [6.07, 6.45) is -5.18. The van der Waals surface area contributed by atoms with Crippen LogP contribution in [0.3, 0.4) is 0 Å². The van der Waals surface area contributed by atoms with Crippen LogP contribution in [0.1, 0.15) is 18.7 Å². The lowest BCUT2D eigenvalue weighted by molar-refractivity contribution is -0.146. The van der Waals surface area contributed by atoms with Crippen molar-refractivity contribution in [1.29, 1.82) is 0 Å². The number of aromatic nitrogens is 3. The summed E-state index contributed by atoms with van der Waals surface area (Å²) in [4.78, 5) is 37.9. The lowest BCUT2D eigenvalue weighted by Crippen LogP contribution is -2.39. The van der Waals surface area contributed by atoms with Crippen molar-refractivity contribution in [2.45, 2.75) is 44.1 Å². The van der Waals surface area contributed by atoms with E-state index in [9.17, 15) is 29.2 Å². The van der Waals surface area contributed by atoms with E-state index < -0.39 is 62.2 Å². The third kappa shape index (κ3) is 7.26. The van der Waals surface area contributed by atoms with Crippen molar-refractivity contribution >= 4 is 13.7 Å². The Balaban J connectivity index is 1.45. The summed E-state index contributed by atoms with van der Waals surface area (Å²) in [5, 5.41) is 27.0. The van der Waals surface area contributed by atoms with Gasteiger partial charge in [0.1, 0.15) is 42.9 Å². The number of aromatic amines is 1. The Morgan fingerprint density at radius 1 is 1.13 bits per heavy atom. The first-order chi connectivity index (χ1) is 18.6. The fourth-order valence-electron chi connectivity index (χ4n) is 3.64. The van der Waals surface area contributed by atoms with Crippen LogP contribution in [-0.2, 0) is 30.0 Å². The summed E-state index contributed by atoms with van der Waals surface area (Å²) in [5.41, 5.74) is -0.969. The van der Waals surface area contributed by atoms with Crippen molar-refractivity contribution in [2.75, 3.05) is 6.61 Å². The molecule has 3 aromatic rings. The lowest BCUT2D eigenvalue weighted by Gasteiger charge is -2.24. The first-order valence-corrected chi connectivity index (χ1v) is 13.4. The highest BCUT2D eigenvalue weighted by Crippen LogP contribution is 2.46. The highest BCUT2D eigenvalue weighted by Gasteiger charge is 2.46. The maximum Gasteiger partial charge on any atom is 0.459 e. The molecule has 0 saturated carbocycles. The van der Waals surface area contributed by atoms with Gasteiger partial charge in [0.15, 0.2) is 6.23 Å². The van der Waals surface area contributed by atoms with Gasteiger partial charge in [-0.25, -0.2) is 9.36 Å². The molecule has 1 aromatic heterocycles. The van der Waals surface area contributed by atoms with Gasteiger partial charge in [-0.1, -0.05) is 48.5 Å². The maximum atomic E-state index is 13.7. The topological polar surface area (TPSA) is 191 Å². The zero-order valence-electron chi connectivity index (χ0n) is 20.7. The number of rotatable bonds is 11. The molecular formula is C24H27N4O10P. The van der Waals surface area contributed by atoms with Gasteiger partial charge in [0.2, 0.25) is 0 Å². The predicted molar refractivity (Wildman–Crippen MR) is 135 cm³/mol. The first kappa shape index (κ1) is 28.4. The molecule has 0 amide bonds. The number of carbonyl (C=O) groups excluding carboxylic acids is 1. The largest absolute Gasteiger partial charge is 0.460 e. The molecule has 208 valence electrons. The van der Waals surface area contributed by atoms with Crippen LogP contribution in [0.5, 0.6) is 5.75 Å². The molecule has 1 saturated heterocycles. The smallest absolute Gasteiger partial charge is 0.459 e. The zero-order valence-corrected chi connectivity index (χ0v) is 21.5. The Bertz CT molecular complexity index is 1420. The molecular weight excluding hydrogens is 535 g/mol. The number of hydrogen-bond acceptors (Lipinski definition) is 11. The number of esters is 1. The quantitative estimate of drug-likeness (QED) is 0.187. The monoisotopic (exact) mass is 562 g/mol. The van der Waals surface area contributed by atoms with E-state index in [1.807, 2.05) is 11.1 Å². The highest BCUT2D eigenvalue weighted by molar-refractivity contribution is 7.52. The Labute approximate surface area is 221 Å². The molecule has 4 rings (SSSR count). The summed E-state index contributed by atoms with van der Waals surface area (Å²) < 4.78 is 36.2. The number of nitrogens with one attached hydrogen (secondary N) is 2. The van der Waals surface area contributed by atoms with Crippen LogP contribution in [0.15, 0.2) is 76.4 Å². The van der Waals surface area contributed by atoms with E-state index in [4.69, 9.17) is 18.5 Å². The standard InChI is InChI=1S/C24H27N4O10P/c1-15(23(32)35-13-16-8-4-2-5-9-16)27-39(34,38-17-10-6-3-7-11-17)36-14-18-20(30)21(31)22(37-18)28-24(33)26-19(29)12-25-28/h2-12,15,18,20-22,30-31H,13-14H2,1H3,(H,27,34)(H,26,29,33)/t15-,18+,20-,21?,22+,39?/m0/s1. The van der Waals surface area contributed by atoms with Gasteiger partial charge in [0.05, 0.1) is 6.61 Å². The molecule has 1 aliphatic heterocycles. The number of hydrogen-bond donors (Lipinski definition) is 4. The van der Waals surface area contributed by atoms with Crippen LogP contribution in [0.4, 0.5) is 0 Å². The van der Waals surface area contributed by atoms with Gasteiger partial charge in [0, 0.05) is 0 Å². The lowest BCUT2D eigenvalue weighted by atomic mass is 10.1. The number of aliphatic hydroxyl groups is 2. The molecule has 0 radical (unpaired) electrons. The number of carbonyl (C=O) groups is 1. The number of benzene rings is 2. The van der Waals surface area contributed by atoms with Crippen molar-refractivity contribution < 1.29 is 38.1 Å². The summed E-state index contributed by atoms with van der Waals surface area (Å²) in [6, 6.07) is 15.9. The van der Waals surface area contributed by atoms with Crippen LogP contribution in [-0.4, -0.2) is 61.9 Å². The van der Waals surface area contributed by atoms with Crippen molar-refractivity contribution in [2.24, 2.45) is 0 Å². The van der Waals surface area contributed by atoms with E-state index in [1.165, 1.54) is 19.1 Å². The second-order valence-corrected chi connectivity index (χ2v) is 10.3. The number of aliphatic hydroxyl groups excluding tert-OH is 2. The second-order valence-electron chi connectivity index (χ2n) is 8.57. The van der Waals surface area contributed by atoms with Gasteiger partial charge in [-0.15, -0.1) is 0 Å². The molecule has 39 heavy (non-hydrogen) atoms. The third-order valence-electron chi connectivity index (χ3n) is 5.62. The van der Waals surface area contributed by atoms with Gasteiger partial charge < -0.3 is 24.2 Å². The molecule has 2 heterocycles. The SMILES string of the molecule is C[C@H](NP(=O)(OC[C@H]1O[C@@H](n2ncc(=O)[nH]c2=O)C(O)[C@H]1O)Oc1ccccc1)C(=O)OCc1ccccc1. The molecule has 2 aromatic carbocycles. The average molecular weight is 562 g/mol. The van der Waals surface area contributed by atoms with E-state index in [2.05, 4.69) is 10.2 Å². The van der Waals surface area contributed by atoms with E-state index >= 15 is 0 Å². The summed E-state index contributed by atoms with van der Waals surface area (Å²) in [6.45, 7) is 0.818. The van der Waals surface area contributed by atoms with Gasteiger partial charge in [-0.05, 0) is 24.6 Å². The summed E-state index contributed by atoms with van der Waals surface area (Å²) in [5.74, 6) is -0.566. The zero-order chi connectivity index (χ0) is 28.0. The Morgan fingerprint density at radius 2 is 1.79 bits per heavy atom. The molecule has 4 N–H and O–H groups in total. The Kier molecular flexibility index (Phi) is 9.07. The van der Waals surface area contributed by atoms with E-state index in [-0.39, 0.29) is 12.4 Å². The molecule has 1 fully saturated rings. The second kappa shape index (κ2) is 12.5. The van der Waals surface area contributed by atoms with Gasteiger partial charge in [0.25, 0.3) is 5.56 Å². The molecule has 15 heteroatoms. The Hall–Kier alpha value is -3.65. The Morgan fingerprint density at radius 3 is 2.46 bits per heavy atom. The van der Waals surface area contributed by atoms with Crippen molar-refractivity contribution in [3.05, 3.63) is 93.3 Å². The average Bonchev–Trinajstić information content (AvgIpc) is 3.20. The highest BCUT2D eigenvalue weighted by atomic mass is 31.2. The minimum atomic E-state index is -4.31. The molecule has 6 atom stereocenters. The van der Waals surface area contributed by atoms with E-state index in [1.54, 1.807) is 42.5 Å². The van der Waals surface area contributed by atoms with Gasteiger partial charge >= 0.3 is 19.4 Å². The minimum absolute atomic E-state index is 0.00403. The van der Waals surface area contributed by atoms with Crippen LogP contribution in [0.25, 0.3) is 0 Å². The van der Waals surface area contributed by atoms with E-state index in [0.717, 1.165) is 11.8 Å². The molecule has 14 nitrogen and oxygen atoms in total. The number of para-hydroxylation sites is 1. The molecule has 1 aliphatic rings. The maximum absolute atomic E-state index is 13.7. The predicted octanol–water partition coefficient (Wildman–Crippen LogP) is 0.476. The van der Waals surface area contributed by atoms with Crippen molar-refractivity contribution in [1.82, 2.24) is 19.9 Å². The first-order valence-electron chi connectivity index (χ1n) is 11.8. The van der Waals surface area contributed by atoms with Crippen LogP contribution in [0, 0.1) is 0 Å². The van der Waals surface area contributed by atoms with Crippen molar-refractivity contribution in [3.8, 4) is 5.75 Å². The molecule has 0 aliphatic carbocycles. The third-order valence-corrected chi connectivity index (χ3v) is 7.27. The fourth-order valence-corrected chi connectivity index (χ4v) is 5.14.